The number of aliphatic hydroxyl groups is 4. The van der Waals surface area contributed by atoms with Gasteiger partial charge in [-0.2, -0.15) is 0 Å². The lowest BCUT2D eigenvalue weighted by Crippen LogP contribution is -2.58. The molecule has 10 heteroatoms. The van der Waals surface area contributed by atoms with Crippen molar-refractivity contribution in [3.05, 3.63) is 0 Å². The molecule has 0 aliphatic carbocycles. The van der Waals surface area contributed by atoms with E-state index in [0.717, 1.165) is 0 Å². The summed E-state index contributed by atoms with van der Waals surface area (Å²) in [7, 11) is -4.73. The molecule has 0 saturated carbocycles. The maximum Gasteiger partial charge on any atom is 0.469 e. The summed E-state index contributed by atoms with van der Waals surface area (Å²) in [5, 5.41) is 36.7. The van der Waals surface area contributed by atoms with E-state index >= 15 is 0 Å². The third-order valence-corrected chi connectivity index (χ3v) is 2.58. The molecule has 5 atom stereocenters. The third-order valence-electron chi connectivity index (χ3n) is 2.09. The fraction of sp³-hybridized carbons (Fsp3) is 1.00. The van der Waals surface area contributed by atoms with Gasteiger partial charge >= 0.3 is 7.82 Å². The largest absolute Gasteiger partial charge is 0.469 e. The molecule has 0 unspecified atom stereocenters. The molecular weight excluding hydrogens is 249 g/mol. The zero-order valence-corrected chi connectivity index (χ0v) is 8.84. The van der Waals surface area contributed by atoms with E-state index in [0.29, 0.717) is 0 Å². The Bertz CT molecular complexity index is 277. The molecule has 1 fully saturated rings. The molecule has 0 radical (unpaired) electrons. The molecule has 0 amide bonds. The number of rotatable bonds is 3. The van der Waals surface area contributed by atoms with Crippen molar-refractivity contribution in [2.45, 2.75) is 30.7 Å². The van der Waals surface area contributed by atoms with Crippen molar-refractivity contribution in [1.29, 1.82) is 0 Å². The summed E-state index contributed by atoms with van der Waals surface area (Å²) in [5.41, 5.74) is 0. The standard InChI is InChI=1S/C6H13O9P/c7-3-2(1-14-16(11,12)13)15-6(10)5(9)4(3)8/h2-10H,1H2,(H2,11,12,13)/t2-,3-,4+,5-,6+/m1/s1/i16+2. The van der Waals surface area contributed by atoms with Crippen LogP contribution in [0.1, 0.15) is 0 Å². The van der Waals surface area contributed by atoms with Gasteiger partial charge in [-0.1, -0.05) is 0 Å². The Balaban J connectivity index is 2.57. The van der Waals surface area contributed by atoms with E-state index < -0.39 is 45.1 Å². The SMILES string of the molecule is O=[33P](O)(O)OC[C@H]1O[C@H](O)[C@H](O)[C@@H](O)[C@@H]1O. The lowest BCUT2D eigenvalue weighted by molar-refractivity contribution is -0.285. The Morgan fingerprint density at radius 2 is 1.62 bits per heavy atom. The maximum atomic E-state index is 10.4. The number of hydrogen-bond donors (Lipinski definition) is 6. The smallest absolute Gasteiger partial charge is 0.387 e. The molecule has 16 heavy (non-hydrogen) atoms. The van der Waals surface area contributed by atoms with Crippen LogP contribution in [0.3, 0.4) is 0 Å². The highest BCUT2D eigenvalue weighted by Gasteiger charge is 2.43. The van der Waals surface area contributed by atoms with Gasteiger partial charge in [0.25, 0.3) is 0 Å². The van der Waals surface area contributed by atoms with Crippen LogP contribution in [0, 0.1) is 0 Å². The first-order valence-corrected chi connectivity index (χ1v) is 5.83. The van der Waals surface area contributed by atoms with E-state index in [-0.39, 0.29) is 0 Å². The number of aliphatic hydroxyl groups excluding tert-OH is 4. The van der Waals surface area contributed by atoms with Crippen LogP contribution in [0.25, 0.3) is 0 Å². The molecule has 0 spiro atoms. The normalized spacial score (nSPS) is 41.0. The van der Waals surface area contributed by atoms with Crippen LogP contribution in [0.15, 0.2) is 0 Å². The fourth-order valence-electron chi connectivity index (χ4n) is 1.24. The van der Waals surface area contributed by atoms with Gasteiger partial charge in [0.2, 0.25) is 0 Å². The van der Waals surface area contributed by atoms with Crippen molar-refractivity contribution < 1.29 is 44.0 Å². The van der Waals surface area contributed by atoms with E-state index in [2.05, 4.69) is 9.26 Å². The van der Waals surface area contributed by atoms with Crippen molar-refractivity contribution in [3.8, 4) is 0 Å². The van der Waals surface area contributed by atoms with Crippen LogP contribution in [-0.4, -0.2) is 67.5 Å². The molecule has 1 aliphatic rings. The minimum absolute atomic E-state index is 0.730. The second kappa shape index (κ2) is 5.05. The second-order valence-electron chi connectivity index (χ2n) is 3.32. The van der Waals surface area contributed by atoms with E-state index in [9.17, 15) is 14.8 Å². The number of phosphoric ester groups is 1. The molecule has 0 bridgehead atoms. The van der Waals surface area contributed by atoms with Crippen molar-refractivity contribution in [2.24, 2.45) is 0 Å². The average Bonchev–Trinajstić information content (AvgIpc) is 2.17. The van der Waals surface area contributed by atoms with Gasteiger partial charge in [0.1, 0.15) is 24.4 Å². The first-order chi connectivity index (χ1) is 7.22. The van der Waals surface area contributed by atoms with E-state index in [1.807, 2.05) is 0 Å². The molecule has 96 valence electrons. The van der Waals surface area contributed by atoms with Gasteiger partial charge in [-0.05, 0) is 0 Å². The Morgan fingerprint density at radius 3 is 2.12 bits per heavy atom. The van der Waals surface area contributed by atoms with Crippen molar-refractivity contribution >= 4 is 7.82 Å². The molecule has 0 aromatic heterocycles. The van der Waals surface area contributed by atoms with Gasteiger partial charge in [0.05, 0.1) is 6.61 Å². The fourth-order valence-corrected chi connectivity index (χ4v) is 1.58. The zero-order valence-electron chi connectivity index (χ0n) is 7.95. The topological polar surface area (TPSA) is 157 Å². The lowest BCUT2D eigenvalue weighted by Gasteiger charge is -2.38. The van der Waals surface area contributed by atoms with Gasteiger partial charge in [-0.25, -0.2) is 4.57 Å². The van der Waals surface area contributed by atoms with Crippen LogP contribution >= 0.6 is 7.82 Å². The van der Waals surface area contributed by atoms with Crippen LogP contribution in [0.5, 0.6) is 0 Å². The van der Waals surface area contributed by atoms with E-state index in [1.54, 1.807) is 0 Å². The minimum Gasteiger partial charge on any atom is -0.387 e. The summed E-state index contributed by atoms with van der Waals surface area (Å²) < 4.78 is 19.0. The molecule has 1 rings (SSSR count). The van der Waals surface area contributed by atoms with Gasteiger partial charge in [-0.3, -0.25) is 4.52 Å². The Hall–Kier alpha value is -0.0900. The monoisotopic (exact) mass is 262 g/mol. The van der Waals surface area contributed by atoms with Gasteiger partial charge in [-0.15, -0.1) is 0 Å². The number of ether oxygens (including phenoxy) is 1. The molecule has 6 N–H and O–H groups in total. The van der Waals surface area contributed by atoms with E-state index in [1.165, 1.54) is 0 Å². The highest BCUT2D eigenvalue weighted by atomic mass is 33.2. The Morgan fingerprint density at radius 1 is 1.06 bits per heavy atom. The lowest BCUT2D eigenvalue weighted by atomic mass is 10.00. The van der Waals surface area contributed by atoms with Crippen molar-refractivity contribution in [2.75, 3.05) is 6.61 Å². The summed E-state index contributed by atoms with van der Waals surface area (Å²) in [6.07, 6.45) is -8.11. The van der Waals surface area contributed by atoms with Gasteiger partial charge in [0.15, 0.2) is 6.29 Å². The van der Waals surface area contributed by atoms with Crippen LogP contribution in [0.4, 0.5) is 0 Å². The van der Waals surface area contributed by atoms with Crippen molar-refractivity contribution in [3.63, 3.8) is 0 Å². The van der Waals surface area contributed by atoms with Gasteiger partial charge in [0, 0.05) is 0 Å². The Labute approximate surface area is 90.1 Å². The van der Waals surface area contributed by atoms with Crippen LogP contribution in [-0.2, 0) is 13.8 Å². The predicted molar refractivity (Wildman–Crippen MR) is 46.9 cm³/mol. The predicted octanol–water partition coefficient (Wildman–Crippen LogP) is -3.10. The number of phosphoric acid groups is 1. The molecule has 0 aromatic rings. The molecule has 1 saturated heterocycles. The Kier molecular flexibility index (Phi) is 4.41. The first kappa shape index (κ1) is 14.0. The third kappa shape index (κ3) is 3.45. The summed E-state index contributed by atoms with van der Waals surface area (Å²) in [4.78, 5) is 16.8. The minimum atomic E-state index is -4.73. The molecular formula is C6H13O9P. The van der Waals surface area contributed by atoms with E-state index in [4.69, 9.17) is 20.0 Å². The van der Waals surface area contributed by atoms with Crippen LogP contribution in [0.2, 0.25) is 0 Å². The van der Waals surface area contributed by atoms with Gasteiger partial charge < -0.3 is 34.9 Å². The summed E-state index contributed by atoms with van der Waals surface area (Å²) in [6, 6.07) is 0. The molecule has 1 heterocycles. The molecule has 9 nitrogen and oxygen atoms in total. The van der Waals surface area contributed by atoms with Crippen molar-refractivity contribution in [1.82, 2.24) is 0 Å². The second-order valence-corrected chi connectivity index (χ2v) is 4.56. The highest BCUT2D eigenvalue weighted by Crippen LogP contribution is 2.36. The number of hydrogen-bond acceptors (Lipinski definition) is 7. The molecule has 0 aromatic carbocycles. The zero-order chi connectivity index (χ0) is 12.5. The summed E-state index contributed by atoms with van der Waals surface area (Å²) >= 11 is 0. The summed E-state index contributed by atoms with van der Waals surface area (Å²) in [6.45, 7) is -0.730. The average molecular weight is 262 g/mol. The molecule has 1 aliphatic heterocycles. The van der Waals surface area contributed by atoms with Crippen LogP contribution < -0.4 is 0 Å². The summed E-state index contributed by atoms with van der Waals surface area (Å²) in [5.74, 6) is 0. The highest BCUT2D eigenvalue weighted by molar-refractivity contribution is 7.46. The quantitative estimate of drug-likeness (QED) is 0.290. The maximum absolute atomic E-state index is 10.4. The first-order valence-electron chi connectivity index (χ1n) is 4.30.